The lowest BCUT2D eigenvalue weighted by Gasteiger charge is -2.34. The largest absolute Gasteiger partial charge is 0.454 e. The highest BCUT2D eigenvalue weighted by molar-refractivity contribution is 7.13. The van der Waals surface area contributed by atoms with Crippen LogP contribution in [0.15, 0.2) is 40.2 Å². The Kier molecular flexibility index (Phi) is 5.37. The Hall–Kier alpha value is -2.91. The van der Waals surface area contributed by atoms with Crippen LogP contribution in [0, 0.1) is 0 Å². The summed E-state index contributed by atoms with van der Waals surface area (Å²) in [5.41, 5.74) is 1.09. The van der Waals surface area contributed by atoms with Crippen LogP contribution < -0.4 is 9.47 Å². The fourth-order valence-corrected chi connectivity index (χ4v) is 4.33. The summed E-state index contributed by atoms with van der Waals surface area (Å²) in [6.07, 6.45) is 1.19. The van der Waals surface area contributed by atoms with E-state index < -0.39 is 0 Å². The number of thiophene rings is 1. The molecule has 0 bridgehead atoms. The number of rotatable bonds is 6. The molecule has 3 aromatic rings. The Labute approximate surface area is 178 Å². The van der Waals surface area contributed by atoms with Crippen molar-refractivity contribution in [2.75, 3.05) is 33.0 Å². The monoisotopic (exact) mass is 426 g/mol. The average Bonchev–Trinajstić information content (AvgIpc) is 3.53. The van der Waals surface area contributed by atoms with Crippen LogP contribution in [0.2, 0.25) is 0 Å². The first kappa shape index (κ1) is 19.1. The molecular formula is C21H22N4O4S. The lowest BCUT2D eigenvalue weighted by molar-refractivity contribution is -0.133. The summed E-state index contributed by atoms with van der Waals surface area (Å²) in [5, 5.41) is 6.05. The second kappa shape index (κ2) is 8.45. The van der Waals surface area contributed by atoms with Crippen molar-refractivity contribution in [2.45, 2.75) is 19.4 Å². The highest BCUT2D eigenvalue weighted by Gasteiger charge is 2.23. The van der Waals surface area contributed by atoms with Gasteiger partial charge in [0, 0.05) is 32.6 Å². The molecule has 1 saturated heterocycles. The van der Waals surface area contributed by atoms with E-state index in [-0.39, 0.29) is 12.7 Å². The summed E-state index contributed by atoms with van der Waals surface area (Å²) in [7, 11) is 0. The van der Waals surface area contributed by atoms with Crippen molar-refractivity contribution in [3.8, 4) is 22.2 Å². The molecular weight excluding hydrogens is 404 g/mol. The van der Waals surface area contributed by atoms with Gasteiger partial charge < -0.3 is 18.9 Å². The second-order valence-electron chi connectivity index (χ2n) is 7.33. The number of aromatic nitrogens is 2. The van der Waals surface area contributed by atoms with Crippen LogP contribution in [-0.4, -0.2) is 58.8 Å². The molecule has 0 aliphatic carbocycles. The van der Waals surface area contributed by atoms with Crippen LogP contribution in [0.3, 0.4) is 0 Å². The molecule has 2 aromatic heterocycles. The topological polar surface area (TPSA) is 80.9 Å². The van der Waals surface area contributed by atoms with Crippen molar-refractivity contribution < 1.29 is 18.8 Å². The second-order valence-corrected chi connectivity index (χ2v) is 8.28. The van der Waals surface area contributed by atoms with E-state index in [1.54, 1.807) is 11.3 Å². The van der Waals surface area contributed by atoms with E-state index in [1.165, 1.54) is 0 Å². The Bertz CT molecular complexity index is 1010. The molecule has 8 nitrogen and oxygen atoms in total. The number of amides is 1. The van der Waals surface area contributed by atoms with Crippen LogP contribution in [0.25, 0.3) is 10.7 Å². The first-order valence-corrected chi connectivity index (χ1v) is 10.9. The van der Waals surface area contributed by atoms with Crippen LogP contribution in [0.1, 0.15) is 17.9 Å². The molecule has 1 amide bonds. The molecule has 2 aliphatic rings. The minimum absolute atomic E-state index is 0.185. The van der Waals surface area contributed by atoms with Crippen molar-refractivity contribution in [3.63, 3.8) is 0 Å². The first-order chi connectivity index (χ1) is 14.7. The van der Waals surface area contributed by atoms with Gasteiger partial charge in [0.2, 0.25) is 24.4 Å². The zero-order valence-electron chi connectivity index (χ0n) is 16.5. The van der Waals surface area contributed by atoms with Crippen LogP contribution in [-0.2, 0) is 17.8 Å². The smallest absolute Gasteiger partial charge is 0.241 e. The quantitative estimate of drug-likeness (QED) is 0.600. The molecule has 0 unspecified atom stereocenters. The number of carbonyl (C=O) groups is 1. The Morgan fingerprint density at radius 2 is 1.97 bits per heavy atom. The van der Waals surface area contributed by atoms with Crippen LogP contribution in [0.5, 0.6) is 11.5 Å². The third kappa shape index (κ3) is 4.17. The predicted octanol–water partition coefficient (Wildman–Crippen LogP) is 2.80. The maximum Gasteiger partial charge on any atom is 0.241 e. The van der Waals surface area contributed by atoms with Crippen molar-refractivity contribution in [3.05, 3.63) is 47.2 Å². The molecule has 0 radical (unpaired) electrons. The Balaban J connectivity index is 1.08. The number of ether oxygens (including phenoxy) is 2. The van der Waals surface area contributed by atoms with Crippen LogP contribution >= 0.6 is 11.3 Å². The van der Waals surface area contributed by atoms with E-state index in [4.69, 9.17) is 14.0 Å². The number of hydrogen-bond donors (Lipinski definition) is 0. The maximum absolute atomic E-state index is 12.6. The van der Waals surface area contributed by atoms with Gasteiger partial charge in [-0.15, -0.1) is 11.3 Å². The molecule has 1 aromatic carbocycles. The molecule has 2 aliphatic heterocycles. The lowest BCUT2D eigenvalue weighted by Crippen LogP contribution is -2.48. The van der Waals surface area contributed by atoms with Crippen molar-refractivity contribution in [2.24, 2.45) is 0 Å². The lowest BCUT2D eigenvalue weighted by atomic mass is 10.1. The molecule has 5 rings (SSSR count). The summed E-state index contributed by atoms with van der Waals surface area (Å²) in [6.45, 7) is 3.90. The van der Waals surface area contributed by atoms with Crippen LogP contribution in [0.4, 0.5) is 0 Å². The molecule has 1 fully saturated rings. The van der Waals surface area contributed by atoms with Gasteiger partial charge in [0.15, 0.2) is 11.5 Å². The number of piperazine rings is 1. The van der Waals surface area contributed by atoms with Gasteiger partial charge in [0.25, 0.3) is 0 Å². The SMILES string of the molecule is O=C(CCc1ccc2c(c1)OCO2)N1CCN(Cc2nc(-c3cccs3)no2)CC1. The van der Waals surface area contributed by atoms with Gasteiger partial charge in [-0.05, 0) is 35.6 Å². The molecule has 0 N–H and O–H groups in total. The van der Waals surface area contributed by atoms with E-state index in [1.807, 2.05) is 40.6 Å². The number of nitrogens with zero attached hydrogens (tertiary/aromatic N) is 4. The Morgan fingerprint density at radius 1 is 1.10 bits per heavy atom. The molecule has 0 saturated carbocycles. The summed E-state index contributed by atoms with van der Waals surface area (Å²) < 4.78 is 16.1. The van der Waals surface area contributed by atoms with Gasteiger partial charge in [-0.2, -0.15) is 4.98 Å². The fourth-order valence-electron chi connectivity index (χ4n) is 3.68. The summed E-state index contributed by atoms with van der Waals surface area (Å²) in [4.78, 5) is 22.3. The summed E-state index contributed by atoms with van der Waals surface area (Å²) in [5.74, 6) is 2.96. The highest BCUT2D eigenvalue weighted by Crippen LogP contribution is 2.32. The van der Waals surface area contributed by atoms with Gasteiger partial charge >= 0.3 is 0 Å². The van der Waals surface area contributed by atoms with Gasteiger partial charge in [-0.3, -0.25) is 9.69 Å². The average molecular weight is 426 g/mol. The van der Waals surface area contributed by atoms with E-state index >= 15 is 0 Å². The van der Waals surface area contributed by atoms with Gasteiger partial charge in [-0.25, -0.2) is 0 Å². The zero-order valence-corrected chi connectivity index (χ0v) is 17.3. The number of aryl methyl sites for hydroxylation is 1. The maximum atomic E-state index is 12.6. The van der Waals surface area contributed by atoms with E-state index in [2.05, 4.69) is 15.0 Å². The first-order valence-electron chi connectivity index (χ1n) is 10.00. The summed E-state index contributed by atoms with van der Waals surface area (Å²) >= 11 is 1.59. The Morgan fingerprint density at radius 3 is 2.80 bits per heavy atom. The van der Waals surface area contributed by atoms with E-state index in [0.29, 0.717) is 44.2 Å². The molecule has 9 heteroatoms. The molecule has 0 atom stereocenters. The van der Waals surface area contributed by atoms with E-state index in [0.717, 1.165) is 35.0 Å². The molecule has 30 heavy (non-hydrogen) atoms. The number of benzene rings is 1. The molecule has 4 heterocycles. The van der Waals surface area contributed by atoms with Crippen molar-refractivity contribution in [1.29, 1.82) is 0 Å². The molecule has 156 valence electrons. The predicted molar refractivity (Wildman–Crippen MR) is 110 cm³/mol. The molecule has 0 spiro atoms. The third-order valence-electron chi connectivity index (χ3n) is 5.36. The number of hydrogen-bond acceptors (Lipinski definition) is 8. The van der Waals surface area contributed by atoms with Crippen molar-refractivity contribution >= 4 is 17.2 Å². The standard InChI is InChI=1S/C21H22N4O4S/c26-20(6-4-15-3-5-16-17(12-15)28-14-27-16)25-9-7-24(8-10-25)13-19-22-21(23-29-19)18-2-1-11-30-18/h1-3,5,11-12H,4,6-10,13-14H2. The summed E-state index contributed by atoms with van der Waals surface area (Å²) in [6, 6.07) is 9.81. The van der Waals surface area contributed by atoms with Crippen molar-refractivity contribution in [1.82, 2.24) is 19.9 Å². The number of fused-ring (bicyclic) bond motifs is 1. The van der Waals surface area contributed by atoms with Gasteiger partial charge in [-0.1, -0.05) is 17.3 Å². The third-order valence-corrected chi connectivity index (χ3v) is 6.22. The zero-order chi connectivity index (χ0) is 20.3. The van der Waals surface area contributed by atoms with E-state index in [9.17, 15) is 4.79 Å². The minimum atomic E-state index is 0.185. The minimum Gasteiger partial charge on any atom is -0.454 e. The normalized spacial score (nSPS) is 16.2. The highest BCUT2D eigenvalue weighted by atomic mass is 32.1. The van der Waals surface area contributed by atoms with Gasteiger partial charge in [0.05, 0.1) is 11.4 Å². The fraction of sp³-hybridized carbons (Fsp3) is 0.381. The number of carbonyl (C=O) groups excluding carboxylic acids is 1. The van der Waals surface area contributed by atoms with Gasteiger partial charge in [0.1, 0.15) is 0 Å².